The Hall–Kier alpha value is -3.86. The summed E-state index contributed by atoms with van der Waals surface area (Å²) in [4.78, 5) is 23.2. The first-order valence-electron chi connectivity index (χ1n) is 12.4. The Morgan fingerprint density at radius 2 is 1.66 bits per heavy atom. The molecule has 5 nitrogen and oxygen atoms in total. The topological polar surface area (TPSA) is 47.9 Å². The van der Waals surface area contributed by atoms with E-state index in [1.807, 2.05) is 54.7 Å². The Morgan fingerprint density at radius 1 is 0.943 bits per heavy atom. The quantitative estimate of drug-likeness (QED) is 0.603. The van der Waals surface area contributed by atoms with E-state index in [-0.39, 0.29) is 11.9 Å². The van der Waals surface area contributed by atoms with E-state index in [0.717, 1.165) is 48.7 Å². The standard InChI is InChI=1S/C30H30N4O/c1-30(24-12-6-3-7-13-24)17-18-31-29(32-30)33-19-16-23-20-34(27(23)21-33)28(35)26-15-9-8-14-25(26)22-10-4-2-5-11-22/h2-15,17-18,23,27H,16,19-21H2,1H3,(H,31,32). The maximum Gasteiger partial charge on any atom is 0.254 e. The van der Waals surface area contributed by atoms with Crippen LogP contribution in [0.3, 0.4) is 0 Å². The number of carbonyl (C=O) groups excluding carboxylic acids is 1. The molecule has 3 atom stereocenters. The first-order valence-corrected chi connectivity index (χ1v) is 12.4. The molecular weight excluding hydrogens is 432 g/mol. The number of carbonyl (C=O) groups is 1. The highest BCUT2D eigenvalue weighted by Crippen LogP contribution is 2.36. The molecule has 1 amide bonds. The van der Waals surface area contributed by atoms with E-state index in [0.29, 0.717) is 5.92 Å². The van der Waals surface area contributed by atoms with Gasteiger partial charge in [0.15, 0.2) is 5.96 Å². The summed E-state index contributed by atoms with van der Waals surface area (Å²) in [6.07, 6.45) is 5.18. The number of hydrogen-bond donors (Lipinski definition) is 1. The highest BCUT2D eigenvalue weighted by molar-refractivity contribution is 6.01. The van der Waals surface area contributed by atoms with Gasteiger partial charge < -0.3 is 15.1 Å². The minimum atomic E-state index is -0.400. The predicted octanol–water partition coefficient (Wildman–Crippen LogP) is 4.89. The molecule has 5 heteroatoms. The summed E-state index contributed by atoms with van der Waals surface area (Å²) in [7, 11) is 0. The molecule has 2 saturated heterocycles. The van der Waals surface area contributed by atoms with Crippen LogP contribution in [0.1, 0.15) is 29.3 Å². The number of fused-ring (bicyclic) bond motifs is 1. The lowest BCUT2D eigenvalue weighted by Crippen LogP contribution is -2.67. The first kappa shape index (κ1) is 21.7. The fourth-order valence-electron chi connectivity index (χ4n) is 5.58. The number of nitrogens with zero attached hydrogens (tertiary/aromatic N) is 3. The van der Waals surface area contributed by atoms with Crippen LogP contribution in [-0.2, 0) is 5.54 Å². The summed E-state index contributed by atoms with van der Waals surface area (Å²) >= 11 is 0. The summed E-state index contributed by atoms with van der Waals surface area (Å²) in [6, 6.07) is 28.8. The van der Waals surface area contributed by atoms with Crippen molar-refractivity contribution >= 4 is 11.9 Å². The summed E-state index contributed by atoms with van der Waals surface area (Å²) < 4.78 is 0. The number of guanidine groups is 1. The van der Waals surface area contributed by atoms with Gasteiger partial charge in [-0.05, 0) is 42.2 Å². The Balaban J connectivity index is 1.22. The molecule has 0 radical (unpaired) electrons. The zero-order valence-corrected chi connectivity index (χ0v) is 20.0. The fourth-order valence-corrected chi connectivity index (χ4v) is 5.58. The highest BCUT2D eigenvalue weighted by Gasteiger charge is 2.46. The van der Waals surface area contributed by atoms with E-state index in [1.54, 1.807) is 0 Å². The lowest BCUT2D eigenvalue weighted by Gasteiger charge is -2.54. The van der Waals surface area contributed by atoms with Crippen LogP contribution in [0.4, 0.5) is 0 Å². The number of piperidine rings is 1. The van der Waals surface area contributed by atoms with E-state index >= 15 is 0 Å². The van der Waals surface area contributed by atoms with Crippen molar-refractivity contribution in [2.45, 2.75) is 24.9 Å². The minimum absolute atomic E-state index is 0.125. The van der Waals surface area contributed by atoms with Gasteiger partial charge in [0.1, 0.15) is 5.54 Å². The molecule has 0 aromatic heterocycles. The highest BCUT2D eigenvalue weighted by atomic mass is 16.2. The summed E-state index contributed by atoms with van der Waals surface area (Å²) in [5, 5.41) is 3.37. The molecule has 0 aliphatic carbocycles. The molecule has 35 heavy (non-hydrogen) atoms. The Labute approximate surface area is 206 Å². The number of nitrogens with one attached hydrogen (secondary N) is 1. The number of hydrogen-bond acceptors (Lipinski definition) is 4. The van der Waals surface area contributed by atoms with Crippen LogP contribution < -0.4 is 5.32 Å². The monoisotopic (exact) mass is 462 g/mol. The number of benzene rings is 3. The van der Waals surface area contributed by atoms with Crippen LogP contribution in [0.15, 0.2) is 102 Å². The van der Waals surface area contributed by atoms with Crippen LogP contribution in [0.5, 0.6) is 0 Å². The van der Waals surface area contributed by atoms with Crippen molar-refractivity contribution in [1.82, 2.24) is 15.1 Å². The number of amides is 1. The molecule has 3 unspecified atom stereocenters. The van der Waals surface area contributed by atoms with Gasteiger partial charge in [0.25, 0.3) is 5.91 Å². The molecule has 2 fully saturated rings. The third-order valence-corrected chi connectivity index (χ3v) is 7.67. The lowest BCUT2D eigenvalue weighted by molar-refractivity contribution is -0.0147. The minimum Gasteiger partial charge on any atom is -0.341 e. The zero-order valence-electron chi connectivity index (χ0n) is 20.0. The SMILES string of the molecule is CC1(c2ccccc2)C=CNC(N2CCC3CN(C(=O)c4ccccc4-c4ccccc4)C3C2)=N1. The van der Waals surface area contributed by atoms with Crippen molar-refractivity contribution in [3.05, 3.63) is 108 Å². The largest absolute Gasteiger partial charge is 0.341 e. The lowest BCUT2D eigenvalue weighted by atomic mass is 9.81. The van der Waals surface area contributed by atoms with Gasteiger partial charge in [-0.2, -0.15) is 0 Å². The molecule has 3 aromatic carbocycles. The van der Waals surface area contributed by atoms with Crippen LogP contribution in [0.2, 0.25) is 0 Å². The fraction of sp³-hybridized carbons (Fsp3) is 0.267. The van der Waals surface area contributed by atoms with Crippen LogP contribution in [0.25, 0.3) is 11.1 Å². The summed E-state index contributed by atoms with van der Waals surface area (Å²) in [6.45, 7) is 4.73. The average molecular weight is 463 g/mol. The number of aliphatic imine (C=N–C) groups is 1. The van der Waals surface area contributed by atoms with Crippen molar-refractivity contribution in [3.8, 4) is 11.1 Å². The predicted molar refractivity (Wildman–Crippen MR) is 140 cm³/mol. The van der Waals surface area contributed by atoms with Crippen LogP contribution in [-0.4, -0.2) is 47.3 Å². The molecule has 3 aliphatic rings. The van der Waals surface area contributed by atoms with Gasteiger partial charge in [0.05, 0.1) is 6.04 Å². The molecule has 1 N–H and O–H groups in total. The Kier molecular flexibility index (Phi) is 5.40. The second-order valence-corrected chi connectivity index (χ2v) is 9.86. The van der Waals surface area contributed by atoms with Gasteiger partial charge in [-0.25, -0.2) is 4.99 Å². The maximum atomic E-state index is 13.7. The van der Waals surface area contributed by atoms with E-state index in [4.69, 9.17) is 4.99 Å². The van der Waals surface area contributed by atoms with Gasteiger partial charge in [0.2, 0.25) is 0 Å². The van der Waals surface area contributed by atoms with Gasteiger partial charge >= 0.3 is 0 Å². The van der Waals surface area contributed by atoms with Gasteiger partial charge in [-0.1, -0.05) is 78.9 Å². The zero-order chi connectivity index (χ0) is 23.8. The molecule has 0 saturated carbocycles. The third kappa shape index (κ3) is 3.91. The van der Waals surface area contributed by atoms with Crippen molar-refractivity contribution in [1.29, 1.82) is 0 Å². The van der Waals surface area contributed by atoms with E-state index < -0.39 is 5.54 Å². The molecule has 176 valence electrons. The number of likely N-dealkylation sites (tertiary alicyclic amines) is 2. The Morgan fingerprint density at radius 3 is 2.46 bits per heavy atom. The van der Waals surface area contributed by atoms with E-state index in [2.05, 4.69) is 64.5 Å². The van der Waals surface area contributed by atoms with E-state index in [1.165, 1.54) is 5.56 Å². The third-order valence-electron chi connectivity index (χ3n) is 7.67. The summed E-state index contributed by atoms with van der Waals surface area (Å²) in [5.74, 6) is 1.57. The Bertz CT molecular complexity index is 1290. The number of rotatable bonds is 3. The first-order chi connectivity index (χ1) is 17.1. The van der Waals surface area contributed by atoms with Crippen LogP contribution >= 0.6 is 0 Å². The van der Waals surface area contributed by atoms with Crippen molar-refractivity contribution in [2.75, 3.05) is 19.6 Å². The summed E-state index contributed by atoms with van der Waals surface area (Å²) in [5.41, 5.74) is 3.62. The second kappa shape index (κ2) is 8.73. The van der Waals surface area contributed by atoms with Gasteiger partial charge in [-0.15, -0.1) is 0 Å². The normalized spacial score (nSPS) is 25.2. The van der Waals surface area contributed by atoms with E-state index in [9.17, 15) is 4.79 Å². The molecular formula is C30H30N4O. The van der Waals surface area contributed by atoms with Gasteiger partial charge in [-0.3, -0.25) is 4.79 Å². The average Bonchev–Trinajstić information content (AvgIpc) is 2.90. The maximum absolute atomic E-state index is 13.7. The van der Waals surface area contributed by atoms with Crippen molar-refractivity contribution in [3.63, 3.8) is 0 Å². The smallest absolute Gasteiger partial charge is 0.254 e. The molecule has 3 heterocycles. The van der Waals surface area contributed by atoms with Crippen LogP contribution in [0, 0.1) is 5.92 Å². The molecule has 3 aliphatic heterocycles. The molecule has 3 aromatic rings. The second-order valence-electron chi connectivity index (χ2n) is 9.86. The van der Waals surface area contributed by atoms with Crippen molar-refractivity contribution in [2.24, 2.45) is 10.9 Å². The molecule has 0 spiro atoms. The van der Waals surface area contributed by atoms with Gasteiger partial charge in [0, 0.05) is 37.3 Å². The molecule has 6 rings (SSSR count). The molecule has 0 bridgehead atoms. The van der Waals surface area contributed by atoms with Crippen molar-refractivity contribution < 1.29 is 4.79 Å².